The maximum absolute atomic E-state index is 12.3. The number of rotatable bonds is 7. The zero-order valence-electron chi connectivity index (χ0n) is 12.1. The Morgan fingerprint density at radius 2 is 1.95 bits per heavy atom. The molecule has 0 radical (unpaired) electrons. The zero-order valence-corrected chi connectivity index (χ0v) is 13.7. The van der Waals surface area contributed by atoms with Crippen molar-refractivity contribution in [2.75, 3.05) is 20.1 Å². The summed E-state index contributed by atoms with van der Waals surface area (Å²) in [5.74, 6) is 0. The minimum absolute atomic E-state index is 0.0613. The van der Waals surface area contributed by atoms with Crippen LogP contribution in [-0.4, -0.2) is 45.1 Å². The number of nitrogens with zero attached hydrogens (tertiary/aromatic N) is 1. The molecule has 0 aliphatic carbocycles. The molecule has 1 heterocycles. The second kappa shape index (κ2) is 7.08. The fourth-order valence-corrected chi connectivity index (χ4v) is 4.33. The third-order valence-electron chi connectivity index (χ3n) is 2.63. The number of hydrogen-bond acceptors (Lipinski definition) is 4. The molecule has 0 aliphatic heterocycles. The molecule has 1 rings (SSSR count). The van der Waals surface area contributed by atoms with Crippen molar-refractivity contribution in [1.82, 2.24) is 9.62 Å². The van der Waals surface area contributed by atoms with Crippen LogP contribution in [0.25, 0.3) is 0 Å². The molecule has 0 atom stereocenters. The summed E-state index contributed by atoms with van der Waals surface area (Å²) in [6.45, 7) is 3.19. The third-order valence-corrected chi connectivity index (χ3v) is 6.04. The highest BCUT2D eigenvalue weighted by molar-refractivity contribution is 7.91. The van der Waals surface area contributed by atoms with Crippen molar-refractivity contribution < 1.29 is 21.6 Å². The van der Waals surface area contributed by atoms with Gasteiger partial charge in [-0.3, -0.25) is 0 Å². The SMILES string of the molecule is CC(C)NCCc1ccc(S(=O)(=O)N(C)CC(F)(F)F)s1. The first-order valence-corrected chi connectivity index (χ1v) is 8.63. The van der Waals surface area contributed by atoms with E-state index in [9.17, 15) is 21.6 Å². The lowest BCUT2D eigenvalue weighted by molar-refractivity contribution is -0.134. The van der Waals surface area contributed by atoms with Gasteiger partial charge in [-0.25, -0.2) is 8.42 Å². The molecule has 9 heteroatoms. The molecule has 0 saturated heterocycles. The molecule has 4 nitrogen and oxygen atoms in total. The van der Waals surface area contributed by atoms with Crippen LogP contribution >= 0.6 is 11.3 Å². The number of sulfonamides is 1. The van der Waals surface area contributed by atoms with Crippen LogP contribution in [0.1, 0.15) is 18.7 Å². The topological polar surface area (TPSA) is 49.4 Å². The van der Waals surface area contributed by atoms with E-state index in [1.165, 1.54) is 6.07 Å². The average Bonchev–Trinajstić information content (AvgIpc) is 2.75. The fourth-order valence-electron chi connectivity index (χ4n) is 1.61. The molecule has 21 heavy (non-hydrogen) atoms. The van der Waals surface area contributed by atoms with Crippen LogP contribution in [0.15, 0.2) is 16.3 Å². The summed E-state index contributed by atoms with van der Waals surface area (Å²) in [6.07, 6.45) is -3.91. The molecule has 0 aliphatic rings. The number of alkyl halides is 3. The smallest absolute Gasteiger partial charge is 0.314 e. The van der Waals surface area contributed by atoms with Gasteiger partial charge in [0, 0.05) is 24.5 Å². The Balaban J connectivity index is 2.74. The Kier molecular flexibility index (Phi) is 6.21. The highest BCUT2D eigenvalue weighted by Crippen LogP contribution is 2.26. The van der Waals surface area contributed by atoms with Crippen LogP contribution in [0, 0.1) is 0 Å². The van der Waals surface area contributed by atoms with E-state index in [0.29, 0.717) is 23.3 Å². The average molecular weight is 344 g/mol. The van der Waals surface area contributed by atoms with Crippen molar-refractivity contribution in [3.05, 3.63) is 17.0 Å². The molecule has 0 saturated carbocycles. The summed E-state index contributed by atoms with van der Waals surface area (Å²) in [5, 5.41) is 3.19. The van der Waals surface area contributed by atoms with Crippen molar-refractivity contribution in [2.24, 2.45) is 0 Å². The molecule has 1 aromatic rings. The van der Waals surface area contributed by atoms with Gasteiger partial charge in [0.05, 0.1) is 0 Å². The van der Waals surface area contributed by atoms with Gasteiger partial charge in [0.1, 0.15) is 10.8 Å². The monoisotopic (exact) mass is 344 g/mol. The Bertz CT molecular complexity index is 553. The van der Waals surface area contributed by atoms with Crippen molar-refractivity contribution in [2.45, 2.75) is 36.7 Å². The number of nitrogens with one attached hydrogen (secondary N) is 1. The first-order valence-electron chi connectivity index (χ1n) is 6.37. The molecular formula is C12H19F3N2O2S2. The lowest BCUT2D eigenvalue weighted by Crippen LogP contribution is -2.35. The van der Waals surface area contributed by atoms with Gasteiger partial charge in [-0.2, -0.15) is 17.5 Å². The molecular weight excluding hydrogens is 325 g/mol. The van der Waals surface area contributed by atoms with Crippen molar-refractivity contribution in [3.8, 4) is 0 Å². The van der Waals surface area contributed by atoms with E-state index in [-0.39, 0.29) is 4.21 Å². The lowest BCUT2D eigenvalue weighted by atomic mass is 10.3. The van der Waals surface area contributed by atoms with E-state index in [0.717, 1.165) is 23.3 Å². The molecule has 0 aromatic carbocycles. The van der Waals surface area contributed by atoms with Gasteiger partial charge in [-0.1, -0.05) is 13.8 Å². The first kappa shape index (κ1) is 18.4. The van der Waals surface area contributed by atoms with Crippen LogP contribution < -0.4 is 5.32 Å². The highest BCUT2D eigenvalue weighted by atomic mass is 32.2. The maximum Gasteiger partial charge on any atom is 0.402 e. The molecule has 1 N–H and O–H groups in total. The quantitative estimate of drug-likeness (QED) is 0.827. The molecule has 1 aromatic heterocycles. The third kappa shape index (κ3) is 5.93. The van der Waals surface area contributed by atoms with Crippen LogP contribution in [0.5, 0.6) is 0 Å². The Hall–Kier alpha value is -0.640. The normalized spacial score (nSPS) is 13.3. The maximum atomic E-state index is 12.3. The van der Waals surface area contributed by atoms with Gasteiger partial charge in [-0.15, -0.1) is 11.3 Å². The summed E-state index contributed by atoms with van der Waals surface area (Å²) < 4.78 is 61.2. The van der Waals surface area contributed by atoms with E-state index >= 15 is 0 Å². The molecule has 0 amide bonds. The summed E-state index contributed by atoms with van der Waals surface area (Å²) in [6, 6.07) is 3.32. The van der Waals surface area contributed by atoms with Gasteiger partial charge < -0.3 is 5.32 Å². The van der Waals surface area contributed by atoms with Crippen molar-refractivity contribution in [3.63, 3.8) is 0 Å². The van der Waals surface area contributed by atoms with Crippen molar-refractivity contribution in [1.29, 1.82) is 0 Å². The van der Waals surface area contributed by atoms with Gasteiger partial charge in [0.15, 0.2) is 0 Å². The highest BCUT2D eigenvalue weighted by Gasteiger charge is 2.35. The van der Waals surface area contributed by atoms with E-state index in [1.807, 2.05) is 13.8 Å². The molecule has 0 fully saturated rings. The van der Waals surface area contributed by atoms with Crippen LogP contribution in [0.3, 0.4) is 0 Å². The fraction of sp³-hybridized carbons (Fsp3) is 0.667. The number of halogens is 3. The Morgan fingerprint density at radius 3 is 2.48 bits per heavy atom. The standard InChI is InChI=1S/C12H19F3N2O2S2/c1-9(2)16-7-6-10-4-5-11(20-10)21(18,19)17(3)8-12(13,14)15/h4-5,9,16H,6-8H2,1-3H3. The van der Waals surface area contributed by atoms with Gasteiger partial charge in [0.2, 0.25) is 0 Å². The van der Waals surface area contributed by atoms with E-state index < -0.39 is 22.7 Å². The zero-order chi connectivity index (χ0) is 16.3. The van der Waals surface area contributed by atoms with Crippen LogP contribution in [-0.2, 0) is 16.4 Å². The number of thiophene rings is 1. The minimum atomic E-state index is -4.55. The van der Waals surface area contributed by atoms with Crippen LogP contribution in [0.2, 0.25) is 0 Å². The van der Waals surface area contributed by atoms with Gasteiger partial charge in [-0.05, 0) is 18.6 Å². The molecule has 0 bridgehead atoms. The summed E-state index contributed by atoms with van der Waals surface area (Å²) in [7, 11) is -3.15. The van der Waals surface area contributed by atoms with E-state index in [1.54, 1.807) is 6.07 Å². The summed E-state index contributed by atoms with van der Waals surface area (Å²) in [5.41, 5.74) is 0. The number of hydrogen-bond donors (Lipinski definition) is 1. The van der Waals surface area contributed by atoms with Crippen molar-refractivity contribution >= 4 is 21.4 Å². The summed E-state index contributed by atoms with van der Waals surface area (Å²) in [4.78, 5) is 0.821. The first-order chi connectivity index (χ1) is 9.52. The van der Waals surface area contributed by atoms with Crippen LogP contribution in [0.4, 0.5) is 13.2 Å². The van der Waals surface area contributed by atoms with Gasteiger partial charge >= 0.3 is 6.18 Å². The van der Waals surface area contributed by atoms with E-state index in [4.69, 9.17) is 0 Å². The minimum Gasteiger partial charge on any atom is -0.314 e. The van der Waals surface area contributed by atoms with E-state index in [2.05, 4.69) is 5.32 Å². The molecule has 0 spiro atoms. The second-order valence-electron chi connectivity index (χ2n) is 4.96. The second-order valence-corrected chi connectivity index (χ2v) is 8.40. The largest absolute Gasteiger partial charge is 0.402 e. The summed E-state index contributed by atoms with van der Waals surface area (Å²) >= 11 is 1.01. The molecule has 0 unspecified atom stereocenters. The Labute approximate surface area is 127 Å². The van der Waals surface area contributed by atoms with Gasteiger partial charge in [0.25, 0.3) is 10.0 Å². The Morgan fingerprint density at radius 1 is 1.33 bits per heavy atom. The predicted octanol–water partition coefficient (Wildman–Crippen LogP) is 2.47. The predicted molar refractivity (Wildman–Crippen MR) is 77.0 cm³/mol. The lowest BCUT2D eigenvalue weighted by Gasteiger charge is -2.17. The molecule has 122 valence electrons.